The van der Waals surface area contributed by atoms with E-state index in [1.54, 1.807) is 23.1 Å². The number of carboxylic acids is 1. The van der Waals surface area contributed by atoms with Crippen LogP contribution in [0.15, 0.2) is 18.5 Å². The van der Waals surface area contributed by atoms with Crippen LogP contribution in [0.5, 0.6) is 0 Å². The second kappa shape index (κ2) is 5.86. The Morgan fingerprint density at radius 2 is 2.26 bits per heavy atom. The van der Waals surface area contributed by atoms with E-state index in [1.807, 2.05) is 6.92 Å². The summed E-state index contributed by atoms with van der Waals surface area (Å²) in [6, 6.07) is 1.13. The minimum atomic E-state index is -0.904. The molecule has 1 aliphatic heterocycles. The third-order valence-electron chi connectivity index (χ3n) is 3.58. The molecule has 2 unspecified atom stereocenters. The third kappa shape index (κ3) is 3.33. The van der Waals surface area contributed by atoms with Crippen LogP contribution in [-0.2, 0) is 16.1 Å². The number of carboxylic acid groups (broad SMARTS) is 1. The van der Waals surface area contributed by atoms with Gasteiger partial charge in [0.15, 0.2) is 0 Å². The first kappa shape index (κ1) is 13.6. The maximum atomic E-state index is 12.1. The Morgan fingerprint density at radius 3 is 2.89 bits per heavy atom. The van der Waals surface area contributed by atoms with Gasteiger partial charge in [-0.25, -0.2) is 4.79 Å². The Labute approximate surface area is 112 Å². The molecule has 1 saturated heterocycles. The molecule has 2 rings (SSSR count). The Balaban J connectivity index is 1.94. The zero-order chi connectivity index (χ0) is 13.8. The lowest BCUT2D eigenvalue weighted by atomic mass is 9.92. The third-order valence-corrected chi connectivity index (χ3v) is 3.58. The van der Waals surface area contributed by atoms with Crippen LogP contribution in [0.4, 0.5) is 0 Å². The van der Waals surface area contributed by atoms with E-state index in [2.05, 4.69) is 5.10 Å². The molecule has 1 N–H and O–H groups in total. The van der Waals surface area contributed by atoms with Gasteiger partial charge in [0.1, 0.15) is 6.04 Å². The minimum Gasteiger partial charge on any atom is -0.480 e. The van der Waals surface area contributed by atoms with E-state index in [1.165, 1.54) is 4.90 Å². The number of carbonyl (C=O) groups is 2. The maximum absolute atomic E-state index is 12.1. The Kier molecular flexibility index (Phi) is 4.19. The summed E-state index contributed by atoms with van der Waals surface area (Å²) in [4.78, 5) is 24.9. The number of aryl methyl sites for hydroxylation is 1. The second-order valence-corrected chi connectivity index (χ2v) is 5.09. The van der Waals surface area contributed by atoms with Crippen molar-refractivity contribution in [2.75, 3.05) is 6.54 Å². The first-order valence-electron chi connectivity index (χ1n) is 6.57. The highest BCUT2D eigenvalue weighted by atomic mass is 16.4. The molecule has 6 nitrogen and oxygen atoms in total. The Hall–Kier alpha value is -1.85. The summed E-state index contributed by atoms with van der Waals surface area (Å²) in [6.45, 7) is 3.06. The summed E-state index contributed by atoms with van der Waals surface area (Å²) < 4.78 is 1.68. The highest BCUT2D eigenvalue weighted by molar-refractivity contribution is 5.83. The van der Waals surface area contributed by atoms with Crippen LogP contribution in [-0.4, -0.2) is 44.3 Å². The van der Waals surface area contributed by atoms with Crippen LogP contribution in [0.25, 0.3) is 0 Å². The predicted octanol–water partition coefficient (Wildman–Crippen LogP) is 0.985. The van der Waals surface area contributed by atoms with Gasteiger partial charge in [0.25, 0.3) is 0 Å². The van der Waals surface area contributed by atoms with Crippen LogP contribution in [0.2, 0.25) is 0 Å². The SMILES string of the molecule is CC1CCN(C(=O)CCn2cccn2)C(C(=O)O)C1. The zero-order valence-corrected chi connectivity index (χ0v) is 11.0. The standard InChI is InChI=1S/C13H19N3O3/c1-10-3-8-16(11(9-10)13(18)19)12(17)4-7-15-6-2-5-14-15/h2,5-6,10-11H,3-4,7-9H2,1H3,(H,18,19). The van der Waals surface area contributed by atoms with Crippen molar-refractivity contribution in [2.24, 2.45) is 5.92 Å². The average molecular weight is 265 g/mol. The van der Waals surface area contributed by atoms with Crippen molar-refractivity contribution in [3.63, 3.8) is 0 Å². The molecular formula is C13H19N3O3. The van der Waals surface area contributed by atoms with Gasteiger partial charge < -0.3 is 10.0 Å². The lowest BCUT2D eigenvalue weighted by Crippen LogP contribution is -2.49. The van der Waals surface area contributed by atoms with Gasteiger partial charge >= 0.3 is 5.97 Å². The number of amides is 1. The van der Waals surface area contributed by atoms with Gasteiger partial charge in [-0.15, -0.1) is 0 Å². The highest BCUT2D eigenvalue weighted by Crippen LogP contribution is 2.23. The first-order chi connectivity index (χ1) is 9.08. The fourth-order valence-electron chi connectivity index (χ4n) is 2.46. The van der Waals surface area contributed by atoms with E-state index in [-0.39, 0.29) is 5.91 Å². The van der Waals surface area contributed by atoms with E-state index < -0.39 is 12.0 Å². The molecule has 1 aromatic heterocycles. The van der Waals surface area contributed by atoms with E-state index >= 15 is 0 Å². The summed E-state index contributed by atoms with van der Waals surface area (Å²) in [5.74, 6) is -0.648. The fourth-order valence-corrected chi connectivity index (χ4v) is 2.46. The molecule has 2 atom stereocenters. The van der Waals surface area contributed by atoms with Crippen molar-refractivity contribution in [1.82, 2.24) is 14.7 Å². The van der Waals surface area contributed by atoms with E-state index in [4.69, 9.17) is 0 Å². The van der Waals surface area contributed by atoms with Gasteiger partial charge in [-0.1, -0.05) is 6.92 Å². The van der Waals surface area contributed by atoms with Gasteiger partial charge in [0.05, 0.1) is 0 Å². The van der Waals surface area contributed by atoms with Gasteiger partial charge in [0, 0.05) is 31.9 Å². The van der Waals surface area contributed by atoms with Gasteiger partial charge in [-0.05, 0) is 24.8 Å². The molecule has 0 bridgehead atoms. The summed E-state index contributed by atoms with van der Waals surface area (Å²) in [5.41, 5.74) is 0. The first-order valence-corrected chi connectivity index (χ1v) is 6.57. The number of piperidine rings is 1. The molecule has 1 amide bonds. The number of nitrogens with zero attached hydrogens (tertiary/aromatic N) is 3. The molecule has 1 fully saturated rings. The molecule has 1 aromatic rings. The molecule has 0 radical (unpaired) electrons. The monoisotopic (exact) mass is 265 g/mol. The minimum absolute atomic E-state index is 0.102. The van der Waals surface area contributed by atoms with Crippen LogP contribution in [0.1, 0.15) is 26.2 Å². The zero-order valence-electron chi connectivity index (χ0n) is 11.0. The van der Waals surface area contributed by atoms with Crippen molar-refractivity contribution in [1.29, 1.82) is 0 Å². The Bertz CT molecular complexity index is 444. The van der Waals surface area contributed by atoms with Crippen molar-refractivity contribution in [3.05, 3.63) is 18.5 Å². The number of likely N-dealkylation sites (tertiary alicyclic amines) is 1. The lowest BCUT2D eigenvalue weighted by Gasteiger charge is -2.36. The number of hydrogen-bond donors (Lipinski definition) is 1. The highest BCUT2D eigenvalue weighted by Gasteiger charge is 2.34. The number of aliphatic carboxylic acids is 1. The van der Waals surface area contributed by atoms with Crippen LogP contribution in [0, 0.1) is 5.92 Å². The van der Waals surface area contributed by atoms with E-state index in [0.717, 1.165) is 6.42 Å². The number of hydrogen-bond acceptors (Lipinski definition) is 3. The molecule has 0 aliphatic carbocycles. The van der Waals surface area contributed by atoms with Crippen molar-refractivity contribution >= 4 is 11.9 Å². The Morgan fingerprint density at radius 1 is 1.47 bits per heavy atom. The summed E-state index contributed by atoms with van der Waals surface area (Å²) >= 11 is 0. The van der Waals surface area contributed by atoms with Gasteiger partial charge in [-0.3, -0.25) is 9.48 Å². The summed E-state index contributed by atoms with van der Waals surface area (Å²) in [6.07, 6.45) is 5.16. The van der Waals surface area contributed by atoms with Crippen molar-refractivity contribution < 1.29 is 14.7 Å². The number of rotatable bonds is 4. The molecule has 0 aromatic carbocycles. The topological polar surface area (TPSA) is 75.4 Å². The average Bonchev–Trinajstić information content (AvgIpc) is 2.88. The summed E-state index contributed by atoms with van der Waals surface area (Å²) in [5, 5.41) is 13.2. The lowest BCUT2D eigenvalue weighted by molar-refractivity contribution is -0.153. The van der Waals surface area contributed by atoms with Crippen molar-refractivity contribution in [3.8, 4) is 0 Å². The van der Waals surface area contributed by atoms with Crippen LogP contribution >= 0.6 is 0 Å². The second-order valence-electron chi connectivity index (χ2n) is 5.09. The normalized spacial score (nSPS) is 23.3. The molecule has 1 aliphatic rings. The molecule has 19 heavy (non-hydrogen) atoms. The maximum Gasteiger partial charge on any atom is 0.326 e. The summed E-state index contributed by atoms with van der Waals surface area (Å²) in [7, 11) is 0. The molecule has 0 spiro atoms. The molecule has 6 heteroatoms. The quantitative estimate of drug-likeness (QED) is 0.880. The molecular weight excluding hydrogens is 246 g/mol. The predicted molar refractivity (Wildman–Crippen MR) is 68.4 cm³/mol. The van der Waals surface area contributed by atoms with E-state index in [0.29, 0.717) is 31.8 Å². The van der Waals surface area contributed by atoms with Gasteiger partial charge in [0.2, 0.25) is 5.91 Å². The molecule has 104 valence electrons. The van der Waals surface area contributed by atoms with Crippen molar-refractivity contribution in [2.45, 2.75) is 38.8 Å². The van der Waals surface area contributed by atoms with Crippen LogP contribution in [0.3, 0.4) is 0 Å². The number of aromatic nitrogens is 2. The molecule has 0 saturated carbocycles. The smallest absolute Gasteiger partial charge is 0.326 e. The van der Waals surface area contributed by atoms with E-state index in [9.17, 15) is 14.7 Å². The fraction of sp³-hybridized carbons (Fsp3) is 0.615. The van der Waals surface area contributed by atoms with Crippen LogP contribution < -0.4 is 0 Å². The number of carbonyl (C=O) groups excluding carboxylic acids is 1. The van der Waals surface area contributed by atoms with Gasteiger partial charge in [-0.2, -0.15) is 5.10 Å². The largest absolute Gasteiger partial charge is 0.480 e. The molecule has 2 heterocycles.